The fourth-order valence-electron chi connectivity index (χ4n) is 2.29. The number of thiophene rings is 1. The van der Waals surface area contributed by atoms with Crippen LogP contribution in [-0.4, -0.2) is 29.6 Å². The van der Waals surface area contributed by atoms with Crippen LogP contribution in [0.3, 0.4) is 0 Å². The highest BCUT2D eigenvalue weighted by molar-refractivity contribution is 7.08. The third-order valence-corrected chi connectivity index (χ3v) is 4.00. The number of fused-ring (bicyclic) bond motifs is 1. The van der Waals surface area contributed by atoms with Gasteiger partial charge in [-0.05, 0) is 30.5 Å². The van der Waals surface area contributed by atoms with E-state index in [9.17, 15) is 0 Å². The number of nitrogens with zero attached hydrogens (tertiary/aromatic N) is 6. The van der Waals surface area contributed by atoms with E-state index in [1.165, 1.54) is 0 Å². The van der Waals surface area contributed by atoms with E-state index in [2.05, 4.69) is 25.7 Å². The number of hydrogen-bond acceptors (Lipinski definition) is 6. The lowest BCUT2D eigenvalue weighted by atomic mass is 10.3. The van der Waals surface area contributed by atoms with Crippen LogP contribution in [0.1, 0.15) is 5.69 Å². The minimum atomic E-state index is 0.717. The number of rotatable bonds is 3. The van der Waals surface area contributed by atoms with Crippen LogP contribution in [0.2, 0.25) is 0 Å². The number of anilines is 2. The molecule has 0 saturated carbocycles. The molecule has 0 spiro atoms. The number of aromatic nitrogens is 6. The quantitative estimate of drug-likeness (QED) is 0.629. The highest BCUT2D eigenvalue weighted by Crippen LogP contribution is 2.22. The van der Waals surface area contributed by atoms with Crippen molar-refractivity contribution in [3.8, 4) is 11.4 Å². The van der Waals surface area contributed by atoms with Gasteiger partial charge in [-0.1, -0.05) is 0 Å². The van der Waals surface area contributed by atoms with Gasteiger partial charge >= 0.3 is 0 Å². The van der Waals surface area contributed by atoms with E-state index >= 15 is 0 Å². The van der Waals surface area contributed by atoms with Crippen molar-refractivity contribution in [3.05, 3.63) is 40.8 Å². The molecule has 0 bridgehead atoms. The first-order chi connectivity index (χ1) is 10.7. The van der Waals surface area contributed by atoms with Crippen molar-refractivity contribution in [1.29, 1.82) is 0 Å². The van der Waals surface area contributed by atoms with Crippen molar-refractivity contribution in [2.75, 3.05) is 5.32 Å². The van der Waals surface area contributed by atoms with Gasteiger partial charge < -0.3 is 5.32 Å². The molecule has 8 heteroatoms. The van der Waals surface area contributed by atoms with E-state index in [0.29, 0.717) is 0 Å². The summed E-state index contributed by atoms with van der Waals surface area (Å²) in [6, 6.07) is 5.78. The van der Waals surface area contributed by atoms with Crippen LogP contribution in [0.25, 0.3) is 17.0 Å². The SMILES string of the molecule is Cc1nn(C)cc1Nc1ccc2nnc(-c3ccsc3)n2n1. The molecule has 0 aromatic carbocycles. The topological polar surface area (TPSA) is 72.9 Å². The van der Waals surface area contributed by atoms with Crippen molar-refractivity contribution in [1.82, 2.24) is 29.6 Å². The van der Waals surface area contributed by atoms with Crippen LogP contribution in [0.4, 0.5) is 11.5 Å². The predicted octanol–water partition coefficient (Wildman–Crippen LogP) is 2.64. The molecule has 0 amide bonds. The summed E-state index contributed by atoms with van der Waals surface area (Å²) in [5.41, 5.74) is 3.58. The molecule has 0 unspecified atom stereocenters. The zero-order chi connectivity index (χ0) is 15.1. The van der Waals surface area contributed by atoms with Gasteiger partial charge in [0.1, 0.15) is 0 Å². The highest BCUT2D eigenvalue weighted by Gasteiger charge is 2.11. The second-order valence-electron chi connectivity index (χ2n) is 4.95. The number of nitrogens with one attached hydrogen (secondary N) is 1. The van der Waals surface area contributed by atoms with Gasteiger partial charge in [-0.3, -0.25) is 4.68 Å². The number of aryl methyl sites for hydroxylation is 2. The van der Waals surface area contributed by atoms with Crippen LogP contribution in [0.5, 0.6) is 0 Å². The van der Waals surface area contributed by atoms with Crippen LogP contribution >= 0.6 is 11.3 Å². The average molecular weight is 311 g/mol. The van der Waals surface area contributed by atoms with Crippen LogP contribution in [0.15, 0.2) is 35.2 Å². The van der Waals surface area contributed by atoms with Gasteiger partial charge in [0.05, 0.1) is 11.4 Å². The van der Waals surface area contributed by atoms with Crippen LogP contribution < -0.4 is 5.32 Å². The Kier molecular flexibility index (Phi) is 2.90. The first-order valence-electron chi connectivity index (χ1n) is 6.73. The normalized spacial score (nSPS) is 11.2. The minimum Gasteiger partial charge on any atom is -0.336 e. The van der Waals surface area contributed by atoms with Gasteiger partial charge in [0.2, 0.25) is 0 Å². The summed E-state index contributed by atoms with van der Waals surface area (Å²) >= 11 is 1.62. The Labute approximate surface area is 130 Å². The monoisotopic (exact) mass is 311 g/mol. The smallest absolute Gasteiger partial charge is 0.186 e. The average Bonchev–Trinajstić information content (AvgIpc) is 3.19. The highest BCUT2D eigenvalue weighted by atomic mass is 32.1. The summed E-state index contributed by atoms with van der Waals surface area (Å²) in [5.74, 6) is 1.46. The molecule has 4 aromatic rings. The van der Waals surface area contributed by atoms with Gasteiger partial charge in [-0.15, -0.1) is 15.3 Å². The Hall–Kier alpha value is -2.74. The summed E-state index contributed by atoms with van der Waals surface area (Å²) in [7, 11) is 1.89. The Bertz CT molecular complexity index is 936. The van der Waals surface area contributed by atoms with E-state index in [-0.39, 0.29) is 0 Å². The van der Waals surface area contributed by atoms with Crippen LogP contribution in [0, 0.1) is 6.92 Å². The van der Waals surface area contributed by atoms with Gasteiger partial charge in [-0.25, -0.2) is 0 Å². The van der Waals surface area contributed by atoms with Gasteiger partial charge in [-0.2, -0.15) is 21.0 Å². The molecule has 110 valence electrons. The van der Waals surface area contributed by atoms with E-state index in [4.69, 9.17) is 0 Å². The third kappa shape index (κ3) is 2.13. The van der Waals surface area contributed by atoms with Crippen molar-refractivity contribution in [2.24, 2.45) is 7.05 Å². The third-order valence-electron chi connectivity index (χ3n) is 3.32. The summed E-state index contributed by atoms with van der Waals surface area (Å²) in [6.45, 7) is 1.95. The second-order valence-corrected chi connectivity index (χ2v) is 5.73. The van der Waals surface area contributed by atoms with Gasteiger partial charge in [0.25, 0.3) is 0 Å². The van der Waals surface area contributed by atoms with Crippen LogP contribution in [-0.2, 0) is 7.05 Å². The molecule has 0 aliphatic heterocycles. The molecule has 7 nitrogen and oxygen atoms in total. The van der Waals surface area contributed by atoms with Crippen molar-refractivity contribution >= 4 is 28.5 Å². The number of hydrogen-bond donors (Lipinski definition) is 1. The largest absolute Gasteiger partial charge is 0.336 e. The summed E-state index contributed by atoms with van der Waals surface area (Å²) in [6.07, 6.45) is 1.92. The van der Waals surface area contributed by atoms with Crippen molar-refractivity contribution in [2.45, 2.75) is 6.92 Å². The molecule has 0 aliphatic carbocycles. The summed E-state index contributed by atoms with van der Waals surface area (Å²) in [4.78, 5) is 0. The van der Waals surface area contributed by atoms with Gasteiger partial charge in [0, 0.05) is 24.2 Å². The molecular formula is C14H13N7S. The van der Waals surface area contributed by atoms with Gasteiger partial charge in [0.15, 0.2) is 17.3 Å². The fourth-order valence-corrected chi connectivity index (χ4v) is 2.92. The van der Waals surface area contributed by atoms with Crippen molar-refractivity contribution < 1.29 is 0 Å². The molecule has 0 radical (unpaired) electrons. The maximum atomic E-state index is 4.58. The Morgan fingerprint density at radius 3 is 2.77 bits per heavy atom. The molecule has 4 heterocycles. The standard InChI is InChI=1S/C14H13N7S/c1-9-11(7-20(2)18-9)15-12-3-4-13-16-17-14(21(13)19-12)10-5-6-22-8-10/h3-8H,1-2H3,(H,15,19). The first-order valence-corrected chi connectivity index (χ1v) is 7.67. The molecule has 0 fully saturated rings. The van der Waals surface area contributed by atoms with E-state index < -0.39 is 0 Å². The lowest BCUT2D eigenvalue weighted by Crippen LogP contribution is -2.00. The lowest BCUT2D eigenvalue weighted by Gasteiger charge is -2.04. The molecule has 4 rings (SSSR count). The summed E-state index contributed by atoms with van der Waals surface area (Å²) in [5, 5.41) is 24.6. The summed E-state index contributed by atoms with van der Waals surface area (Å²) < 4.78 is 3.52. The minimum absolute atomic E-state index is 0.717. The Morgan fingerprint density at radius 2 is 2.05 bits per heavy atom. The molecule has 0 aliphatic rings. The molecular weight excluding hydrogens is 298 g/mol. The lowest BCUT2D eigenvalue weighted by molar-refractivity contribution is 0.756. The molecule has 0 saturated heterocycles. The maximum absolute atomic E-state index is 4.58. The molecule has 4 aromatic heterocycles. The molecule has 22 heavy (non-hydrogen) atoms. The Morgan fingerprint density at radius 1 is 1.14 bits per heavy atom. The predicted molar refractivity (Wildman–Crippen MR) is 85.3 cm³/mol. The maximum Gasteiger partial charge on any atom is 0.186 e. The molecule has 0 atom stereocenters. The Balaban J connectivity index is 1.76. The van der Waals surface area contributed by atoms with E-state index in [1.54, 1.807) is 20.5 Å². The second kappa shape index (κ2) is 4.92. The van der Waals surface area contributed by atoms with E-state index in [0.717, 1.165) is 34.2 Å². The van der Waals surface area contributed by atoms with Crippen molar-refractivity contribution in [3.63, 3.8) is 0 Å². The first kappa shape index (κ1) is 13.0. The zero-order valence-corrected chi connectivity index (χ0v) is 12.9. The fraction of sp³-hybridized carbons (Fsp3) is 0.143. The van der Waals surface area contributed by atoms with E-state index in [1.807, 2.05) is 49.1 Å². The zero-order valence-electron chi connectivity index (χ0n) is 12.1. The molecule has 1 N–H and O–H groups in total.